The van der Waals surface area contributed by atoms with Crippen molar-refractivity contribution in [2.24, 2.45) is 5.41 Å². The van der Waals surface area contributed by atoms with E-state index in [1.165, 1.54) is 41.5 Å². The van der Waals surface area contributed by atoms with Crippen LogP contribution in [0.5, 0.6) is 0 Å². The van der Waals surface area contributed by atoms with Crippen molar-refractivity contribution in [2.75, 3.05) is 0 Å². The van der Waals surface area contributed by atoms with E-state index in [2.05, 4.69) is 139 Å². The first-order valence-corrected chi connectivity index (χ1v) is 17.8. The molecule has 0 saturated heterocycles. The Morgan fingerprint density at radius 2 is 1.33 bits per heavy atom. The Labute approximate surface area is 295 Å². The number of nitriles is 2. The van der Waals surface area contributed by atoms with Crippen molar-refractivity contribution in [3.05, 3.63) is 120 Å². The zero-order valence-corrected chi connectivity index (χ0v) is 30.8. The maximum atomic E-state index is 9.96. The minimum absolute atomic E-state index is 0.0770. The highest BCUT2D eigenvalue weighted by atomic mass is 15.1. The third-order valence-corrected chi connectivity index (χ3v) is 9.58. The largest absolute Gasteiger partial charge is 0.300 e. The van der Waals surface area contributed by atoms with E-state index in [-0.39, 0.29) is 10.8 Å². The Kier molecular flexibility index (Phi) is 12.4. The second kappa shape index (κ2) is 16.5. The average Bonchev–Trinajstić information content (AvgIpc) is 3.60. The van der Waals surface area contributed by atoms with Crippen LogP contribution in [0, 0.1) is 28.1 Å². The Hall–Kier alpha value is -4.93. The fraction of sp³-hybridized carbons (Fsp3) is 0.356. The van der Waals surface area contributed by atoms with Crippen LogP contribution in [0.1, 0.15) is 110 Å². The molecular weight excluding hydrogens is 597 g/mol. The minimum Gasteiger partial charge on any atom is -0.300 e. The number of hydrogen-bond acceptors (Lipinski definition) is 3. The molecule has 5 aromatic rings. The summed E-state index contributed by atoms with van der Waals surface area (Å²) in [6.07, 6.45) is 10.8. The minimum atomic E-state index is -0.0805. The molecule has 252 valence electrons. The zero-order chi connectivity index (χ0) is 35.6. The number of nitrogens with zero attached hydrogens (tertiary/aromatic N) is 4. The number of hydrogen-bond donors (Lipinski definition) is 0. The molecule has 4 aromatic carbocycles. The van der Waals surface area contributed by atoms with Crippen molar-refractivity contribution in [3.8, 4) is 51.5 Å². The molecule has 1 heterocycles. The van der Waals surface area contributed by atoms with E-state index in [0.717, 1.165) is 41.9 Å². The van der Waals surface area contributed by atoms with Gasteiger partial charge in [0.1, 0.15) is 5.82 Å². The van der Waals surface area contributed by atoms with Gasteiger partial charge in [-0.2, -0.15) is 10.5 Å². The van der Waals surface area contributed by atoms with Crippen molar-refractivity contribution in [2.45, 2.75) is 99.3 Å². The molecule has 0 N–H and O–H groups in total. The van der Waals surface area contributed by atoms with E-state index in [0.29, 0.717) is 16.7 Å². The fourth-order valence-electron chi connectivity index (χ4n) is 6.49. The molecular formula is C45H52N4. The summed E-state index contributed by atoms with van der Waals surface area (Å²) in [6, 6.07) is 33.6. The van der Waals surface area contributed by atoms with Gasteiger partial charge in [0.2, 0.25) is 0 Å². The average molecular weight is 649 g/mol. The van der Waals surface area contributed by atoms with Gasteiger partial charge in [-0.15, -0.1) is 0 Å². The van der Waals surface area contributed by atoms with Crippen molar-refractivity contribution in [3.63, 3.8) is 0 Å². The highest BCUT2D eigenvalue weighted by Gasteiger charge is 2.29. The van der Waals surface area contributed by atoms with E-state index in [9.17, 15) is 10.5 Å². The van der Waals surface area contributed by atoms with E-state index in [1.807, 2.05) is 12.3 Å². The van der Waals surface area contributed by atoms with E-state index < -0.39 is 0 Å². The first kappa shape index (κ1) is 36.9. The summed E-state index contributed by atoms with van der Waals surface area (Å²) in [5.74, 6) is 0.852. The third kappa shape index (κ3) is 8.57. The monoisotopic (exact) mass is 648 g/mol. The fourth-order valence-corrected chi connectivity index (χ4v) is 6.49. The maximum Gasteiger partial charge on any atom is 0.144 e. The molecule has 0 unspecified atom stereocenters. The van der Waals surface area contributed by atoms with Crippen molar-refractivity contribution < 1.29 is 0 Å². The summed E-state index contributed by atoms with van der Waals surface area (Å²) in [5, 5.41) is 19.9. The standard InChI is InChI=1S/C40H40N4.C5H12/c1-7-40(6,8-2)35-19-17-30(37-31(26-41)15-12-16-32(37)27-42)24-34(35)38-43-21-22-44(38)36-20-18-29(28-13-10-9-11-14-28)23-33(36)25-39(3,4)5;1-3-5-4-2/h9-24H,7-8,25H2,1-6H3;3-5H2,1-2H3. The molecule has 0 amide bonds. The Bertz CT molecular complexity index is 1890. The SMILES string of the molecule is CCC(C)(CC)c1ccc(-c2c(C#N)cccc2C#N)cc1-c1nccn1-c1ccc(-c2ccccc2)cc1CC(C)(C)C.CCCCC. The van der Waals surface area contributed by atoms with Crippen molar-refractivity contribution in [1.82, 2.24) is 9.55 Å². The van der Waals surface area contributed by atoms with Gasteiger partial charge in [-0.25, -0.2) is 4.98 Å². The normalized spacial score (nSPS) is 11.3. The topological polar surface area (TPSA) is 65.4 Å². The van der Waals surface area contributed by atoms with Crippen LogP contribution in [0.2, 0.25) is 0 Å². The summed E-state index contributed by atoms with van der Waals surface area (Å²) in [4.78, 5) is 4.98. The molecule has 1 aromatic heterocycles. The smallest absolute Gasteiger partial charge is 0.144 e. The van der Waals surface area contributed by atoms with Crippen LogP contribution in [0.4, 0.5) is 0 Å². The molecule has 0 radical (unpaired) electrons. The van der Waals surface area contributed by atoms with Gasteiger partial charge < -0.3 is 0 Å². The van der Waals surface area contributed by atoms with E-state index in [4.69, 9.17) is 4.98 Å². The third-order valence-electron chi connectivity index (χ3n) is 9.58. The van der Waals surface area contributed by atoms with Crippen LogP contribution in [0.3, 0.4) is 0 Å². The molecule has 0 aliphatic rings. The van der Waals surface area contributed by atoms with Crippen molar-refractivity contribution >= 4 is 0 Å². The summed E-state index contributed by atoms with van der Waals surface area (Å²) in [6.45, 7) is 18.0. The molecule has 49 heavy (non-hydrogen) atoms. The van der Waals surface area contributed by atoms with Gasteiger partial charge in [0.25, 0.3) is 0 Å². The maximum absolute atomic E-state index is 9.96. The zero-order valence-electron chi connectivity index (χ0n) is 30.8. The highest BCUT2D eigenvalue weighted by molar-refractivity contribution is 5.81. The van der Waals surface area contributed by atoms with Crippen LogP contribution < -0.4 is 0 Å². The summed E-state index contributed by atoms with van der Waals surface area (Å²) in [5.41, 5.74) is 9.47. The first-order valence-electron chi connectivity index (χ1n) is 17.8. The predicted octanol–water partition coefficient (Wildman–Crippen LogP) is 12.5. The molecule has 4 heteroatoms. The van der Waals surface area contributed by atoms with Crippen LogP contribution in [0.25, 0.3) is 39.3 Å². The molecule has 0 saturated carbocycles. The summed E-state index contributed by atoms with van der Waals surface area (Å²) < 4.78 is 2.21. The molecule has 4 nitrogen and oxygen atoms in total. The second-order valence-corrected chi connectivity index (χ2v) is 14.4. The van der Waals surface area contributed by atoms with Gasteiger partial charge in [-0.1, -0.05) is 129 Å². The molecule has 0 bridgehead atoms. The van der Waals surface area contributed by atoms with Gasteiger partial charge in [0, 0.05) is 23.5 Å². The molecule has 0 aliphatic heterocycles. The lowest BCUT2D eigenvalue weighted by Crippen LogP contribution is -2.21. The van der Waals surface area contributed by atoms with Gasteiger partial charge in [0.05, 0.1) is 29.0 Å². The van der Waals surface area contributed by atoms with Crippen LogP contribution in [-0.2, 0) is 11.8 Å². The molecule has 0 aliphatic carbocycles. The van der Waals surface area contributed by atoms with E-state index in [1.54, 1.807) is 18.2 Å². The molecule has 0 fully saturated rings. The molecule has 0 spiro atoms. The number of benzene rings is 4. The summed E-state index contributed by atoms with van der Waals surface area (Å²) >= 11 is 0. The Morgan fingerprint density at radius 3 is 1.88 bits per heavy atom. The lowest BCUT2D eigenvalue weighted by atomic mass is 9.75. The van der Waals surface area contributed by atoms with Crippen LogP contribution in [-0.4, -0.2) is 9.55 Å². The Balaban J connectivity index is 0.00000101. The van der Waals surface area contributed by atoms with Gasteiger partial charge in [-0.05, 0) is 88.2 Å². The molecule has 0 atom stereocenters. The van der Waals surface area contributed by atoms with Gasteiger partial charge in [0.15, 0.2) is 0 Å². The van der Waals surface area contributed by atoms with Gasteiger partial charge >= 0.3 is 0 Å². The lowest BCUT2D eigenvalue weighted by Gasteiger charge is -2.30. The lowest BCUT2D eigenvalue weighted by molar-refractivity contribution is 0.411. The van der Waals surface area contributed by atoms with Crippen LogP contribution in [0.15, 0.2) is 97.3 Å². The number of rotatable bonds is 10. The van der Waals surface area contributed by atoms with Crippen LogP contribution >= 0.6 is 0 Å². The number of aromatic nitrogens is 2. The highest BCUT2D eigenvalue weighted by Crippen LogP contribution is 2.42. The number of imidazole rings is 1. The predicted molar refractivity (Wildman–Crippen MR) is 206 cm³/mol. The van der Waals surface area contributed by atoms with E-state index >= 15 is 0 Å². The Morgan fingerprint density at radius 1 is 0.694 bits per heavy atom. The summed E-state index contributed by atoms with van der Waals surface area (Å²) in [7, 11) is 0. The number of unbranched alkanes of at least 4 members (excludes halogenated alkanes) is 2. The van der Waals surface area contributed by atoms with Gasteiger partial charge in [-0.3, -0.25) is 4.57 Å². The second-order valence-electron chi connectivity index (χ2n) is 14.4. The molecule has 5 rings (SSSR count). The first-order chi connectivity index (χ1) is 23.5. The quantitative estimate of drug-likeness (QED) is 0.151. The van der Waals surface area contributed by atoms with Crippen molar-refractivity contribution in [1.29, 1.82) is 10.5 Å².